The first-order valence-corrected chi connectivity index (χ1v) is 8.34. The largest absolute Gasteiger partial charge is 0.491 e. The lowest BCUT2D eigenvalue weighted by Gasteiger charge is -2.10. The topological polar surface area (TPSA) is 43.4 Å². The van der Waals surface area contributed by atoms with Crippen LogP contribution in [-0.4, -0.2) is 26.3 Å². The summed E-state index contributed by atoms with van der Waals surface area (Å²) in [5, 5.41) is 0.122. The van der Waals surface area contributed by atoms with Gasteiger partial charge >= 0.3 is 5.51 Å². The van der Waals surface area contributed by atoms with Crippen molar-refractivity contribution in [3.8, 4) is 5.75 Å². The summed E-state index contributed by atoms with van der Waals surface area (Å²) in [6.45, 7) is -0.314. The molecule has 0 radical (unpaired) electrons. The van der Waals surface area contributed by atoms with E-state index >= 15 is 0 Å². The Hall–Kier alpha value is -0.310. The molecular weight excluding hydrogens is 348 g/mol. The minimum Gasteiger partial charge on any atom is -0.491 e. The fraction of sp³-hybridized carbons (Fsp3) is 0.333. The van der Waals surface area contributed by atoms with Crippen molar-refractivity contribution in [1.82, 2.24) is 0 Å². The Balaban J connectivity index is 2.74. The molecule has 10 heteroatoms. The van der Waals surface area contributed by atoms with E-state index < -0.39 is 14.6 Å². The van der Waals surface area contributed by atoms with Gasteiger partial charge in [-0.25, -0.2) is 8.42 Å². The van der Waals surface area contributed by atoms with Crippen molar-refractivity contribution in [1.29, 1.82) is 0 Å². The molecule has 0 atom stereocenters. The Bertz CT molecular complexity index is 546. The lowest BCUT2D eigenvalue weighted by Crippen LogP contribution is -2.08. The molecule has 0 heterocycles. The molecule has 0 aliphatic heterocycles. The summed E-state index contributed by atoms with van der Waals surface area (Å²) in [6, 6.07) is 3.64. The van der Waals surface area contributed by atoms with E-state index in [1.54, 1.807) is 0 Å². The normalized spacial score (nSPS) is 12.5. The maximum absolute atomic E-state index is 11.9. The molecule has 3 nitrogen and oxygen atoms in total. The zero-order chi connectivity index (χ0) is 14.7. The quantitative estimate of drug-likeness (QED) is 0.594. The van der Waals surface area contributed by atoms with Gasteiger partial charge in [0.15, 0.2) is 0 Å². The van der Waals surface area contributed by atoms with Crippen LogP contribution in [0.25, 0.3) is 0 Å². The molecule has 0 saturated carbocycles. The summed E-state index contributed by atoms with van der Waals surface area (Å²) in [5.41, 5.74) is -4.36. The number of hydrogen-bond acceptors (Lipinski definition) is 4. The van der Waals surface area contributed by atoms with E-state index in [0.717, 1.165) is 6.07 Å². The third kappa shape index (κ3) is 6.11. The van der Waals surface area contributed by atoms with E-state index in [1.165, 1.54) is 12.1 Å². The molecular formula is C9H7Cl2F3O3S2. The van der Waals surface area contributed by atoms with Gasteiger partial charge in [-0.15, -0.1) is 0 Å². The monoisotopic (exact) mass is 354 g/mol. The van der Waals surface area contributed by atoms with Gasteiger partial charge in [0.05, 0.1) is 6.61 Å². The molecule has 0 amide bonds. The predicted molar refractivity (Wildman–Crippen MR) is 68.5 cm³/mol. The van der Waals surface area contributed by atoms with E-state index in [1.807, 2.05) is 0 Å². The summed E-state index contributed by atoms with van der Waals surface area (Å²) in [4.78, 5) is -0.376. The summed E-state index contributed by atoms with van der Waals surface area (Å²) in [7, 11) is 1.08. The molecule has 0 N–H and O–H groups in total. The molecule has 0 fully saturated rings. The second-order valence-corrected chi connectivity index (χ2v) is 7.30. The molecule has 19 heavy (non-hydrogen) atoms. The fourth-order valence-corrected chi connectivity index (χ4v) is 2.73. The van der Waals surface area contributed by atoms with Gasteiger partial charge in [0.2, 0.25) is 0 Å². The minimum absolute atomic E-state index is 0.122. The van der Waals surface area contributed by atoms with Crippen LogP contribution in [0.15, 0.2) is 23.1 Å². The van der Waals surface area contributed by atoms with Gasteiger partial charge in [-0.2, -0.15) is 13.2 Å². The summed E-state index contributed by atoms with van der Waals surface area (Å²) in [6.07, 6.45) is 0. The lowest BCUT2D eigenvalue weighted by atomic mass is 10.3. The zero-order valence-electron chi connectivity index (χ0n) is 9.08. The van der Waals surface area contributed by atoms with Crippen molar-refractivity contribution < 1.29 is 26.3 Å². The number of ether oxygens (including phenoxy) is 1. The average Bonchev–Trinajstić information content (AvgIpc) is 2.23. The van der Waals surface area contributed by atoms with Crippen LogP contribution in [0.2, 0.25) is 5.02 Å². The van der Waals surface area contributed by atoms with E-state index in [2.05, 4.69) is 0 Å². The van der Waals surface area contributed by atoms with Crippen LogP contribution in [0.4, 0.5) is 13.2 Å². The van der Waals surface area contributed by atoms with Gasteiger partial charge < -0.3 is 4.74 Å². The highest BCUT2D eigenvalue weighted by Crippen LogP contribution is 2.32. The Morgan fingerprint density at radius 1 is 1.32 bits per heavy atom. The van der Waals surface area contributed by atoms with Crippen molar-refractivity contribution in [2.75, 3.05) is 12.4 Å². The average molecular weight is 355 g/mol. The molecule has 0 aliphatic carbocycles. The molecule has 0 unspecified atom stereocenters. The molecule has 0 aliphatic rings. The first-order chi connectivity index (χ1) is 8.59. The zero-order valence-corrected chi connectivity index (χ0v) is 12.2. The Morgan fingerprint density at radius 2 is 1.95 bits per heavy atom. The number of hydrogen-bond donors (Lipinski definition) is 0. The first kappa shape index (κ1) is 16.7. The van der Waals surface area contributed by atoms with Crippen LogP contribution in [0, 0.1) is 0 Å². The van der Waals surface area contributed by atoms with Gasteiger partial charge in [0.1, 0.15) is 10.6 Å². The van der Waals surface area contributed by atoms with Gasteiger partial charge in [0, 0.05) is 21.5 Å². The molecule has 1 aromatic rings. The van der Waals surface area contributed by atoms with Gasteiger partial charge in [-0.05, 0) is 30.0 Å². The highest BCUT2D eigenvalue weighted by atomic mass is 35.7. The minimum atomic E-state index is -4.36. The van der Waals surface area contributed by atoms with Crippen molar-refractivity contribution in [2.24, 2.45) is 0 Å². The smallest absolute Gasteiger partial charge is 0.441 e. The second-order valence-electron chi connectivity index (χ2n) is 3.17. The molecule has 1 aromatic carbocycles. The molecule has 0 bridgehead atoms. The van der Waals surface area contributed by atoms with Crippen LogP contribution in [0.5, 0.6) is 5.75 Å². The maximum atomic E-state index is 11.9. The Kier molecular flexibility index (Phi) is 5.66. The fourth-order valence-electron chi connectivity index (χ4n) is 1.10. The van der Waals surface area contributed by atoms with Crippen LogP contribution in [0.3, 0.4) is 0 Å². The SMILES string of the molecule is O=S(=O)(Cl)c1cc(Cl)ccc1OCCSC(F)(F)F. The van der Waals surface area contributed by atoms with Gasteiger partial charge in [0.25, 0.3) is 9.05 Å². The van der Waals surface area contributed by atoms with Gasteiger partial charge in [-0.3, -0.25) is 0 Å². The number of thioether (sulfide) groups is 1. The lowest BCUT2D eigenvalue weighted by molar-refractivity contribution is -0.0329. The van der Waals surface area contributed by atoms with Crippen LogP contribution >= 0.6 is 34.0 Å². The Morgan fingerprint density at radius 3 is 2.47 bits per heavy atom. The van der Waals surface area contributed by atoms with E-state index in [9.17, 15) is 21.6 Å². The van der Waals surface area contributed by atoms with Crippen LogP contribution in [-0.2, 0) is 9.05 Å². The summed E-state index contributed by atoms with van der Waals surface area (Å²) < 4.78 is 63.1. The van der Waals surface area contributed by atoms with Crippen molar-refractivity contribution in [3.63, 3.8) is 0 Å². The number of benzene rings is 1. The van der Waals surface area contributed by atoms with Crippen molar-refractivity contribution >= 4 is 43.1 Å². The number of alkyl halides is 3. The third-order valence-corrected chi connectivity index (χ3v) is 4.05. The second kappa shape index (κ2) is 6.43. The number of halogens is 5. The molecule has 0 saturated heterocycles. The number of rotatable bonds is 5. The predicted octanol–water partition coefficient (Wildman–Crippen LogP) is 3.90. The standard InChI is InChI=1S/C9H7Cl2F3O3S2/c10-6-1-2-7(8(5-6)19(11,15)16)17-3-4-18-9(12,13)14/h1-2,5H,3-4H2. The van der Waals surface area contributed by atoms with Gasteiger partial charge in [-0.1, -0.05) is 11.6 Å². The van der Waals surface area contributed by atoms with E-state index in [-0.39, 0.29) is 39.8 Å². The first-order valence-electron chi connectivity index (χ1n) is 4.67. The van der Waals surface area contributed by atoms with Crippen LogP contribution < -0.4 is 4.74 Å². The van der Waals surface area contributed by atoms with E-state index in [0.29, 0.717) is 0 Å². The molecule has 108 valence electrons. The maximum Gasteiger partial charge on any atom is 0.441 e. The van der Waals surface area contributed by atoms with Crippen LogP contribution in [0.1, 0.15) is 0 Å². The third-order valence-electron chi connectivity index (χ3n) is 1.78. The highest BCUT2D eigenvalue weighted by Gasteiger charge is 2.27. The molecule has 0 aromatic heterocycles. The summed E-state index contributed by atoms with van der Waals surface area (Å²) in [5.74, 6) is -0.504. The molecule has 1 rings (SSSR count). The van der Waals surface area contributed by atoms with Crippen molar-refractivity contribution in [3.05, 3.63) is 23.2 Å². The molecule has 0 spiro atoms. The Labute approximate surface area is 121 Å². The van der Waals surface area contributed by atoms with E-state index in [4.69, 9.17) is 27.0 Å². The van der Waals surface area contributed by atoms with Crippen molar-refractivity contribution in [2.45, 2.75) is 10.4 Å². The summed E-state index contributed by atoms with van der Waals surface area (Å²) >= 11 is 5.35. The highest BCUT2D eigenvalue weighted by molar-refractivity contribution is 8.13.